The van der Waals surface area contributed by atoms with E-state index < -0.39 is 0 Å². The highest BCUT2D eigenvalue weighted by Gasteiger charge is 2.17. The molecule has 130 valence electrons. The Hall–Kier alpha value is -2.70. The number of nitrogens with one attached hydrogen (secondary N) is 1. The van der Waals surface area contributed by atoms with Gasteiger partial charge in [0.15, 0.2) is 5.65 Å². The number of benzene rings is 1. The van der Waals surface area contributed by atoms with Gasteiger partial charge in [0.25, 0.3) is 5.91 Å². The van der Waals surface area contributed by atoms with E-state index >= 15 is 0 Å². The van der Waals surface area contributed by atoms with Crippen LogP contribution in [0.15, 0.2) is 54.0 Å². The monoisotopic (exact) mass is 382 g/mol. The van der Waals surface area contributed by atoms with Gasteiger partial charge in [-0.1, -0.05) is 29.8 Å². The van der Waals surface area contributed by atoms with E-state index in [-0.39, 0.29) is 5.91 Å². The van der Waals surface area contributed by atoms with E-state index in [1.165, 1.54) is 4.88 Å². The van der Waals surface area contributed by atoms with Crippen LogP contribution in [0.4, 0.5) is 5.69 Å². The van der Waals surface area contributed by atoms with Crippen LogP contribution in [0.1, 0.15) is 20.9 Å². The molecule has 0 radical (unpaired) electrons. The van der Waals surface area contributed by atoms with Crippen molar-refractivity contribution in [3.05, 3.63) is 75.2 Å². The third kappa shape index (κ3) is 3.21. The molecule has 0 saturated heterocycles. The van der Waals surface area contributed by atoms with Crippen molar-refractivity contribution in [2.45, 2.75) is 13.5 Å². The molecule has 0 fully saturated rings. The molecule has 0 spiro atoms. The number of carbonyl (C=O) groups excluding carboxylic acids is 1. The lowest BCUT2D eigenvalue weighted by atomic mass is 10.1. The van der Waals surface area contributed by atoms with E-state index in [0.717, 1.165) is 11.1 Å². The van der Waals surface area contributed by atoms with Crippen molar-refractivity contribution in [3.63, 3.8) is 0 Å². The molecule has 1 amide bonds. The molecule has 7 heteroatoms. The Morgan fingerprint density at radius 3 is 2.88 bits per heavy atom. The number of rotatable bonds is 4. The van der Waals surface area contributed by atoms with Crippen LogP contribution in [0.25, 0.3) is 11.0 Å². The highest BCUT2D eigenvalue weighted by molar-refractivity contribution is 7.09. The van der Waals surface area contributed by atoms with Crippen molar-refractivity contribution < 1.29 is 4.79 Å². The quantitative estimate of drug-likeness (QED) is 0.553. The molecule has 0 aliphatic carbocycles. The molecule has 4 rings (SSSR count). The van der Waals surface area contributed by atoms with E-state index in [9.17, 15) is 4.79 Å². The minimum Gasteiger partial charge on any atom is -0.321 e. The summed E-state index contributed by atoms with van der Waals surface area (Å²) in [5.74, 6) is -0.232. The number of carbonyl (C=O) groups is 1. The third-order valence-electron chi connectivity index (χ3n) is 3.99. The normalized spacial score (nSPS) is 11.0. The number of para-hydroxylation sites is 1. The van der Waals surface area contributed by atoms with Crippen LogP contribution in [0.2, 0.25) is 5.02 Å². The van der Waals surface area contributed by atoms with E-state index in [4.69, 9.17) is 11.6 Å². The number of amides is 1. The topological polar surface area (TPSA) is 59.8 Å². The Labute approximate surface area is 159 Å². The lowest BCUT2D eigenvalue weighted by Gasteiger charge is -2.09. The Kier molecular flexibility index (Phi) is 4.44. The van der Waals surface area contributed by atoms with Gasteiger partial charge in [0.1, 0.15) is 0 Å². The summed E-state index contributed by atoms with van der Waals surface area (Å²) < 4.78 is 1.82. The number of anilines is 1. The number of aromatic nitrogens is 3. The Morgan fingerprint density at radius 1 is 1.27 bits per heavy atom. The van der Waals surface area contributed by atoms with Gasteiger partial charge in [-0.2, -0.15) is 5.10 Å². The molecule has 3 aromatic heterocycles. The zero-order valence-corrected chi connectivity index (χ0v) is 15.5. The van der Waals surface area contributed by atoms with Crippen LogP contribution in [-0.2, 0) is 6.54 Å². The summed E-state index contributed by atoms with van der Waals surface area (Å²) in [6.07, 6.45) is 1.69. The summed E-state index contributed by atoms with van der Waals surface area (Å²) in [7, 11) is 0. The SMILES string of the molecule is Cc1cc(C(=O)Nc2ccccc2Cl)c2cnn(Cc3cccs3)c2n1. The van der Waals surface area contributed by atoms with E-state index in [0.29, 0.717) is 28.5 Å². The molecule has 4 aromatic rings. The third-order valence-corrected chi connectivity index (χ3v) is 5.18. The van der Waals surface area contributed by atoms with E-state index in [2.05, 4.69) is 21.5 Å². The highest BCUT2D eigenvalue weighted by Crippen LogP contribution is 2.24. The smallest absolute Gasteiger partial charge is 0.256 e. The number of nitrogens with zero attached hydrogens (tertiary/aromatic N) is 3. The summed E-state index contributed by atoms with van der Waals surface area (Å²) >= 11 is 7.81. The van der Waals surface area contributed by atoms with Crippen molar-refractivity contribution in [1.29, 1.82) is 0 Å². The average molecular weight is 383 g/mol. The van der Waals surface area contributed by atoms with E-state index in [1.54, 1.807) is 35.7 Å². The molecular weight excluding hydrogens is 368 g/mol. The van der Waals surface area contributed by atoms with Gasteiger partial charge in [-0.25, -0.2) is 9.67 Å². The van der Waals surface area contributed by atoms with Crippen molar-refractivity contribution >= 4 is 45.6 Å². The molecule has 0 unspecified atom stereocenters. The number of aryl methyl sites for hydroxylation is 1. The maximum Gasteiger partial charge on any atom is 0.256 e. The fraction of sp³-hybridized carbons (Fsp3) is 0.105. The van der Waals surface area contributed by atoms with Gasteiger partial charge in [-0.3, -0.25) is 4.79 Å². The largest absolute Gasteiger partial charge is 0.321 e. The number of hydrogen-bond donors (Lipinski definition) is 1. The number of hydrogen-bond acceptors (Lipinski definition) is 4. The van der Waals surface area contributed by atoms with Gasteiger partial charge in [-0.05, 0) is 36.6 Å². The summed E-state index contributed by atoms with van der Waals surface area (Å²) in [5, 5.41) is 10.5. The first-order chi connectivity index (χ1) is 12.6. The molecule has 1 N–H and O–H groups in total. The predicted octanol–water partition coefficient (Wildman–Crippen LogP) is 4.76. The first-order valence-corrected chi connectivity index (χ1v) is 9.29. The zero-order chi connectivity index (χ0) is 18.1. The van der Waals surface area contributed by atoms with Gasteiger partial charge in [0.2, 0.25) is 0 Å². The van der Waals surface area contributed by atoms with Crippen LogP contribution < -0.4 is 5.32 Å². The number of pyridine rings is 1. The Balaban J connectivity index is 1.72. The second kappa shape index (κ2) is 6.90. The van der Waals surface area contributed by atoms with Crippen LogP contribution in [0, 0.1) is 6.92 Å². The molecular formula is C19H15ClN4OS. The summed E-state index contributed by atoms with van der Waals surface area (Å²) in [6, 6.07) is 13.0. The van der Waals surface area contributed by atoms with Crippen LogP contribution >= 0.6 is 22.9 Å². The zero-order valence-electron chi connectivity index (χ0n) is 13.9. The Morgan fingerprint density at radius 2 is 2.12 bits per heavy atom. The van der Waals surface area contributed by atoms with Gasteiger partial charge in [0.05, 0.1) is 34.4 Å². The van der Waals surface area contributed by atoms with Gasteiger partial charge < -0.3 is 5.32 Å². The lowest BCUT2D eigenvalue weighted by molar-refractivity contribution is 0.102. The molecule has 0 aliphatic heterocycles. The number of halogens is 1. The van der Waals surface area contributed by atoms with Crippen molar-refractivity contribution in [2.24, 2.45) is 0 Å². The fourth-order valence-corrected chi connectivity index (χ4v) is 3.65. The minimum atomic E-state index is -0.232. The first-order valence-electron chi connectivity index (χ1n) is 8.03. The predicted molar refractivity (Wildman–Crippen MR) is 105 cm³/mol. The van der Waals surface area contributed by atoms with Gasteiger partial charge in [0, 0.05) is 10.6 Å². The fourth-order valence-electron chi connectivity index (χ4n) is 2.78. The molecule has 0 bridgehead atoms. The average Bonchev–Trinajstić information content (AvgIpc) is 3.27. The highest BCUT2D eigenvalue weighted by atomic mass is 35.5. The first kappa shape index (κ1) is 16.8. The van der Waals surface area contributed by atoms with Crippen molar-refractivity contribution in [3.8, 4) is 0 Å². The second-order valence-corrected chi connectivity index (χ2v) is 7.30. The van der Waals surface area contributed by atoms with Gasteiger partial charge in [-0.15, -0.1) is 11.3 Å². The molecule has 5 nitrogen and oxygen atoms in total. The summed E-state index contributed by atoms with van der Waals surface area (Å²) in [4.78, 5) is 18.6. The molecule has 1 aromatic carbocycles. The summed E-state index contributed by atoms with van der Waals surface area (Å²) in [5.41, 5.74) is 2.56. The van der Waals surface area contributed by atoms with Crippen LogP contribution in [-0.4, -0.2) is 20.7 Å². The summed E-state index contributed by atoms with van der Waals surface area (Å²) in [6.45, 7) is 2.50. The van der Waals surface area contributed by atoms with Crippen molar-refractivity contribution in [2.75, 3.05) is 5.32 Å². The van der Waals surface area contributed by atoms with Crippen LogP contribution in [0.3, 0.4) is 0 Å². The van der Waals surface area contributed by atoms with Crippen LogP contribution in [0.5, 0.6) is 0 Å². The van der Waals surface area contributed by atoms with Gasteiger partial charge >= 0.3 is 0 Å². The molecule has 0 aliphatic rings. The molecule has 0 atom stereocenters. The van der Waals surface area contributed by atoms with E-state index in [1.807, 2.05) is 35.2 Å². The lowest BCUT2D eigenvalue weighted by Crippen LogP contribution is -2.13. The molecule has 26 heavy (non-hydrogen) atoms. The number of fused-ring (bicyclic) bond motifs is 1. The maximum absolute atomic E-state index is 12.8. The number of thiophene rings is 1. The molecule has 0 saturated carbocycles. The second-order valence-electron chi connectivity index (χ2n) is 5.86. The standard InChI is InChI=1S/C19H15ClN4OS/c1-12-9-14(19(25)23-17-7-3-2-6-16(17)20)15-10-21-24(18(15)22-12)11-13-5-4-8-26-13/h2-10H,11H2,1H3,(H,23,25). The minimum absolute atomic E-state index is 0.232. The molecule has 3 heterocycles. The maximum atomic E-state index is 12.8. The van der Waals surface area contributed by atoms with Crippen molar-refractivity contribution in [1.82, 2.24) is 14.8 Å². The Bertz CT molecular complexity index is 1090.